The summed E-state index contributed by atoms with van der Waals surface area (Å²) < 4.78 is 0. The average molecular weight is 315 g/mol. The second-order valence-corrected chi connectivity index (χ2v) is 6.09. The van der Waals surface area contributed by atoms with Crippen LogP contribution in [0.5, 0.6) is 0 Å². The summed E-state index contributed by atoms with van der Waals surface area (Å²) in [5.74, 6) is 0.0788. The fourth-order valence-corrected chi connectivity index (χ4v) is 3.28. The topological polar surface area (TPSA) is 23.6 Å². The molecule has 1 atom stereocenters. The molecule has 0 saturated carbocycles. The highest BCUT2D eigenvalue weighted by atomic mass is 35.5. The number of anilines is 1. The molecular weight excluding hydrogens is 296 g/mol. The van der Waals surface area contributed by atoms with Crippen LogP contribution >= 0.6 is 11.6 Å². The van der Waals surface area contributed by atoms with Crippen LogP contribution < -0.4 is 4.90 Å². The van der Waals surface area contributed by atoms with Gasteiger partial charge in [0.25, 0.3) is 0 Å². The van der Waals surface area contributed by atoms with Crippen LogP contribution in [0.1, 0.15) is 24.1 Å². The summed E-state index contributed by atoms with van der Waals surface area (Å²) in [4.78, 5) is 16.3. The largest absolute Gasteiger partial charge is 0.373 e. The van der Waals surface area contributed by atoms with Crippen LogP contribution in [0.2, 0.25) is 5.02 Å². The molecule has 0 fully saturated rings. The van der Waals surface area contributed by atoms with Crippen molar-refractivity contribution >= 4 is 23.2 Å². The van der Waals surface area contributed by atoms with Crippen LogP contribution in [0.3, 0.4) is 0 Å². The van der Waals surface area contributed by atoms with Crippen molar-refractivity contribution in [3.05, 3.63) is 64.7 Å². The Morgan fingerprint density at radius 2 is 1.86 bits per heavy atom. The molecule has 1 aliphatic heterocycles. The number of hydrogen-bond donors (Lipinski definition) is 0. The maximum Gasteiger partial charge on any atom is 0.220 e. The summed E-state index contributed by atoms with van der Waals surface area (Å²) >= 11 is 6.24. The Morgan fingerprint density at radius 1 is 1.14 bits per heavy atom. The third kappa shape index (κ3) is 2.69. The van der Waals surface area contributed by atoms with Gasteiger partial charge in [-0.05, 0) is 23.8 Å². The Morgan fingerprint density at radius 3 is 2.55 bits per heavy atom. The molecule has 2 aromatic rings. The number of fused-ring (bicyclic) bond motifs is 1. The third-order valence-corrected chi connectivity index (χ3v) is 4.44. The highest BCUT2D eigenvalue weighted by Crippen LogP contribution is 2.38. The fraction of sp³-hybridized carbons (Fsp3) is 0.278. The predicted octanol–water partition coefficient (Wildman–Crippen LogP) is 3.73. The van der Waals surface area contributed by atoms with Gasteiger partial charge in [0.05, 0.1) is 6.04 Å². The zero-order valence-corrected chi connectivity index (χ0v) is 13.5. The molecule has 1 heterocycles. The molecule has 2 aromatic carbocycles. The van der Waals surface area contributed by atoms with Crippen LogP contribution in [0, 0.1) is 0 Å². The lowest BCUT2D eigenvalue weighted by Crippen LogP contribution is -2.36. The Balaban J connectivity index is 2.21. The summed E-state index contributed by atoms with van der Waals surface area (Å²) in [6, 6.07) is 16.0. The van der Waals surface area contributed by atoms with Gasteiger partial charge in [-0.25, -0.2) is 0 Å². The highest BCUT2D eigenvalue weighted by molar-refractivity contribution is 6.30. The van der Waals surface area contributed by atoms with Gasteiger partial charge in [0.2, 0.25) is 5.91 Å². The molecular formula is C18H19ClN2O. The molecule has 3 rings (SSSR count). The molecule has 4 heteroatoms. The Kier molecular flexibility index (Phi) is 4.08. The van der Waals surface area contributed by atoms with Gasteiger partial charge in [-0.3, -0.25) is 4.79 Å². The third-order valence-electron chi connectivity index (χ3n) is 4.20. The van der Waals surface area contributed by atoms with Crippen molar-refractivity contribution in [2.75, 3.05) is 25.0 Å². The van der Waals surface area contributed by atoms with Crippen molar-refractivity contribution in [1.29, 1.82) is 0 Å². The summed E-state index contributed by atoms with van der Waals surface area (Å²) in [6.45, 7) is 3.13. The van der Waals surface area contributed by atoms with E-state index in [-0.39, 0.29) is 11.9 Å². The second-order valence-electron chi connectivity index (χ2n) is 5.65. The summed E-state index contributed by atoms with van der Waals surface area (Å²) in [6.07, 6.45) is 0. The Labute approximate surface area is 136 Å². The van der Waals surface area contributed by atoms with Gasteiger partial charge in [-0.1, -0.05) is 41.9 Å². The molecule has 0 bridgehead atoms. The van der Waals surface area contributed by atoms with Gasteiger partial charge in [-0.2, -0.15) is 0 Å². The maximum atomic E-state index is 12.2. The predicted molar refractivity (Wildman–Crippen MR) is 90.4 cm³/mol. The van der Waals surface area contributed by atoms with Gasteiger partial charge in [0.15, 0.2) is 0 Å². The van der Waals surface area contributed by atoms with E-state index in [0.717, 1.165) is 23.4 Å². The standard InChI is InChI=1S/C18H19ClN2O/c1-13(22)21-11-10-20(2)17-9-8-15(19)12-16(17)18(21)14-6-4-3-5-7-14/h3-9,12,18H,10-11H2,1-2H3. The van der Waals surface area contributed by atoms with E-state index in [1.54, 1.807) is 6.92 Å². The zero-order valence-electron chi connectivity index (χ0n) is 12.8. The smallest absolute Gasteiger partial charge is 0.220 e. The number of rotatable bonds is 1. The van der Waals surface area contributed by atoms with Crippen LogP contribution in [0.15, 0.2) is 48.5 Å². The molecule has 1 aliphatic rings. The zero-order chi connectivity index (χ0) is 15.7. The first-order valence-corrected chi connectivity index (χ1v) is 7.78. The highest BCUT2D eigenvalue weighted by Gasteiger charge is 2.30. The molecule has 0 aliphatic carbocycles. The molecule has 1 unspecified atom stereocenters. The molecule has 22 heavy (non-hydrogen) atoms. The van der Waals surface area contributed by atoms with Gasteiger partial charge in [0, 0.05) is 43.3 Å². The lowest BCUT2D eigenvalue weighted by atomic mass is 9.95. The van der Waals surface area contributed by atoms with Crippen molar-refractivity contribution in [3.8, 4) is 0 Å². The Bertz CT molecular complexity index is 687. The molecule has 0 N–H and O–H groups in total. The number of carbonyl (C=O) groups is 1. The summed E-state index contributed by atoms with van der Waals surface area (Å²) in [7, 11) is 2.05. The monoisotopic (exact) mass is 314 g/mol. The van der Waals surface area contributed by atoms with Crippen molar-refractivity contribution in [1.82, 2.24) is 4.90 Å². The fourth-order valence-electron chi connectivity index (χ4n) is 3.10. The van der Waals surface area contributed by atoms with Gasteiger partial charge >= 0.3 is 0 Å². The number of hydrogen-bond acceptors (Lipinski definition) is 2. The lowest BCUT2D eigenvalue weighted by molar-refractivity contribution is -0.130. The van der Waals surface area contributed by atoms with Crippen molar-refractivity contribution < 1.29 is 4.79 Å². The molecule has 0 radical (unpaired) electrons. The summed E-state index contributed by atoms with van der Waals surface area (Å²) in [5.41, 5.74) is 3.31. The SMILES string of the molecule is CC(=O)N1CCN(C)c2ccc(Cl)cc2C1c1ccccc1. The van der Waals surface area contributed by atoms with Crippen LogP contribution in [0.4, 0.5) is 5.69 Å². The van der Waals surface area contributed by atoms with E-state index in [1.807, 2.05) is 41.3 Å². The van der Waals surface area contributed by atoms with Crippen LogP contribution in [-0.4, -0.2) is 30.9 Å². The van der Waals surface area contributed by atoms with E-state index < -0.39 is 0 Å². The molecule has 0 aromatic heterocycles. The molecule has 0 spiro atoms. The van der Waals surface area contributed by atoms with Gasteiger partial charge in [0.1, 0.15) is 0 Å². The second kappa shape index (κ2) is 6.01. The number of likely N-dealkylation sites (N-methyl/N-ethyl adjacent to an activating group) is 1. The normalized spacial score (nSPS) is 17.9. The van der Waals surface area contributed by atoms with E-state index in [1.165, 1.54) is 0 Å². The first-order valence-electron chi connectivity index (χ1n) is 7.40. The molecule has 114 valence electrons. The van der Waals surface area contributed by atoms with E-state index in [2.05, 4.69) is 24.1 Å². The minimum atomic E-state index is -0.0997. The van der Waals surface area contributed by atoms with E-state index >= 15 is 0 Å². The van der Waals surface area contributed by atoms with E-state index in [0.29, 0.717) is 11.6 Å². The van der Waals surface area contributed by atoms with Gasteiger partial charge in [-0.15, -0.1) is 0 Å². The minimum Gasteiger partial charge on any atom is -0.373 e. The number of halogens is 1. The van der Waals surface area contributed by atoms with Crippen molar-refractivity contribution in [3.63, 3.8) is 0 Å². The molecule has 3 nitrogen and oxygen atoms in total. The lowest BCUT2D eigenvalue weighted by Gasteiger charge is -2.30. The molecule has 1 amide bonds. The van der Waals surface area contributed by atoms with E-state index in [4.69, 9.17) is 11.6 Å². The number of nitrogens with zero attached hydrogens (tertiary/aromatic N) is 2. The maximum absolute atomic E-state index is 12.2. The van der Waals surface area contributed by atoms with Gasteiger partial charge < -0.3 is 9.80 Å². The first-order chi connectivity index (χ1) is 10.6. The number of carbonyl (C=O) groups excluding carboxylic acids is 1. The van der Waals surface area contributed by atoms with Crippen LogP contribution in [-0.2, 0) is 4.79 Å². The van der Waals surface area contributed by atoms with Crippen LogP contribution in [0.25, 0.3) is 0 Å². The minimum absolute atomic E-state index is 0.0788. The molecule has 0 saturated heterocycles. The Hall–Kier alpha value is -2.00. The average Bonchev–Trinajstić information content (AvgIpc) is 2.65. The van der Waals surface area contributed by atoms with Crippen molar-refractivity contribution in [2.24, 2.45) is 0 Å². The quantitative estimate of drug-likeness (QED) is 0.801. The number of benzene rings is 2. The van der Waals surface area contributed by atoms with Crippen molar-refractivity contribution in [2.45, 2.75) is 13.0 Å². The summed E-state index contributed by atoms with van der Waals surface area (Å²) in [5, 5.41) is 0.693. The van der Waals surface area contributed by atoms with E-state index in [9.17, 15) is 4.79 Å². The first kappa shape index (κ1) is 14.9. The number of amides is 1.